The second kappa shape index (κ2) is 26.5. The molecule has 1 aliphatic rings. The number of hydrogen-bond donors (Lipinski definition) is 3. The van der Waals surface area contributed by atoms with Crippen LogP contribution in [0.1, 0.15) is 112 Å². The van der Waals surface area contributed by atoms with E-state index in [0.717, 1.165) is 4.90 Å². The van der Waals surface area contributed by atoms with Gasteiger partial charge in [-0.25, -0.2) is 4.79 Å². The lowest BCUT2D eigenvalue weighted by Gasteiger charge is -2.35. The molecule has 1 saturated heterocycles. The molecule has 74 heavy (non-hydrogen) atoms. The largest absolute Gasteiger partial charge is 0.573 e. The van der Waals surface area contributed by atoms with Crippen LogP contribution < -0.4 is 20.7 Å². The maximum Gasteiger partial charge on any atom is 0.573 e. The lowest BCUT2D eigenvalue weighted by Crippen LogP contribution is -2.60. The first-order valence-corrected chi connectivity index (χ1v) is 25.3. The van der Waals surface area contributed by atoms with E-state index in [1.165, 1.54) is 56.1 Å². The van der Waals surface area contributed by atoms with E-state index in [9.17, 15) is 42.4 Å². The van der Waals surface area contributed by atoms with Crippen molar-refractivity contribution in [2.75, 3.05) is 21.1 Å². The highest BCUT2D eigenvalue weighted by Crippen LogP contribution is 2.28. The average Bonchev–Trinajstić information content (AvgIpc) is 3.66. The number of cyclic esters (lactones) is 1. The minimum Gasteiger partial charge on any atom is -0.451 e. The van der Waals surface area contributed by atoms with E-state index in [-0.39, 0.29) is 75.2 Å². The summed E-state index contributed by atoms with van der Waals surface area (Å²) in [5.41, 5.74) is 1.71. The number of nitriles is 1. The molecule has 4 rings (SSSR count). The maximum atomic E-state index is 15.1. The van der Waals surface area contributed by atoms with Gasteiger partial charge in [0.05, 0.1) is 6.07 Å². The number of nitrogens with one attached hydrogen (secondary N) is 3. The molecule has 0 saturated carbocycles. The predicted octanol–water partition coefficient (Wildman–Crippen LogP) is 6.50. The predicted molar refractivity (Wildman–Crippen MR) is 272 cm³/mol. The summed E-state index contributed by atoms with van der Waals surface area (Å²) in [7, 11) is 4.22. The third-order valence-electron chi connectivity index (χ3n) is 13.0. The van der Waals surface area contributed by atoms with Crippen LogP contribution in [0.25, 0.3) is 10.9 Å². The molecular formula is C54H75F3N8O9. The van der Waals surface area contributed by atoms with E-state index in [4.69, 9.17) is 4.74 Å². The second-order valence-corrected chi connectivity index (χ2v) is 21.1. The number of benzene rings is 2. The number of aromatic nitrogens is 1. The molecule has 0 aliphatic carbocycles. The molecule has 20 heteroatoms. The minimum atomic E-state index is -4.91. The highest BCUT2D eigenvalue weighted by molar-refractivity contribution is 5.98. The molecular weight excluding hydrogens is 962 g/mol. The Hall–Kier alpha value is -6.65. The minimum absolute atomic E-state index is 0.0900. The van der Waals surface area contributed by atoms with Gasteiger partial charge in [-0.1, -0.05) is 85.7 Å². The number of nitrogens with zero attached hydrogens (tertiary/aromatic N) is 5. The summed E-state index contributed by atoms with van der Waals surface area (Å²) in [5, 5.41) is 18.7. The molecule has 0 bridgehead atoms. The van der Waals surface area contributed by atoms with Crippen LogP contribution in [-0.2, 0) is 51.3 Å². The number of ether oxygens (including phenoxy) is 2. The van der Waals surface area contributed by atoms with Crippen molar-refractivity contribution in [3.05, 3.63) is 65.9 Å². The molecule has 3 N–H and O–H groups in total. The summed E-state index contributed by atoms with van der Waals surface area (Å²) in [6.45, 7) is 16.3. The Morgan fingerprint density at radius 2 is 1.18 bits per heavy atom. The second-order valence-electron chi connectivity index (χ2n) is 21.1. The van der Waals surface area contributed by atoms with Gasteiger partial charge < -0.3 is 44.7 Å². The first-order valence-electron chi connectivity index (χ1n) is 25.3. The lowest BCUT2D eigenvalue weighted by atomic mass is 9.96. The summed E-state index contributed by atoms with van der Waals surface area (Å²) < 4.78 is 51.3. The lowest BCUT2D eigenvalue weighted by molar-refractivity contribution is -0.274. The van der Waals surface area contributed by atoms with E-state index in [1.807, 2.05) is 73.6 Å². The number of carbonyl (C=O) groups excluding carboxylic acids is 7. The number of carbonyl (C=O) groups is 7. The normalized spacial score (nSPS) is 22.8. The maximum absolute atomic E-state index is 15.1. The number of halogens is 3. The number of likely N-dealkylation sites (N-methyl/N-ethyl adjacent to an activating group) is 3. The van der Waals surface area contributed by atoms with Gasteiger partial charge in [-0.05, 0) is 85.6 Å². The standard InChI is InChI=1S/C54H75F3N8O9/c1-31(2)23-40-50(69)62(10)35(9)53(72)73-46(21-16-22-58)49(68)61-42(25-33(5)6)52(71)63(11)44(26-34(7)8)47(66)60-41(24-32(3)4)51(70)64(12)45(48(67)59-40)28-37-30-65(43-20-14-13-19-39(37)43)29-36-17-15-18-38(27-36)74-54(55,56)57/h13-15,17-20,27,30-35,40-42,44-46H,16,21,23-26,28-29H2,1-12H3,(H,59,67)(H,60,66)(H,61,68)/t35-,40-,41-,42-,44-,45-,46+/m0/s1. The van der Waals surface area contributed by atoms with Crippen LogP contribution in [0.5, 0.6) is 5.75 Å². The zero-order valence-corrected chi connectivity index (χ0v) is 44.7. The van der Waals surface area contributed by atoms with Gasteiger partial charge in [-0.2, -0.15) is 5.26 Å². The van der Waals surface area contributed by atoms with Crippen LogP contribution >= 0.6 is 0 Å². The van der Waals surface area contributed by atoms with Crippen LogP contribution in [0.2, 0.25) is 0 Å². The summed E-state index contributed by atoms with van der Waals surface area (Å²) in [6, 6.07) is 7.19. The van der Waals surface area contributed by atoms with Gasteiger partial charge in [0.2, 0.25) is 29.5 Å². The quantitative estimate of drug-likeness (QED) is 0.141. The van der Waals surface area contributed by atoms with Crippen molar-refractivity contribution in [1.82, 2.24) is 35.2 Å². The van der Waals surface area contributed by atoms with Gasteiger partial charge in [0, 0.05) is 64.1 Å². The molecule has 0 radical (unpaired) electrons. The van der Waals surface area contributed by atoms with Crippen LogP contribution in [0.15, 0.2) is 54.7 Å². The molecule has 2 heterocycles. The summed E-state index contributed by atoms with van der Waals surface area (Å²) in [6.07, 6.45) is -4.79. The Labute approximate surface area is 432 Å². The fourth-order valence-electron chi connectivity index (χ4n) is 9.11. The van der Waals surface area contributed by atoms with Crippen LogP contribution in [-0.4, -0.2) is 131 Å². The Kier molecular flexibility index (Phi) is 21.5. The molecule has 1 aromatic heterocycles. The monoisotopic (exact) mass is 1040 g/mol. The molecule has 0 unspecified atom stereocenters. The third kappa shape index (κ3) is 16.7. The fourth-order valence-corrected chi connectivity index (χ4v) is 9.11. The Bertz CT molecular complexity index is 2500. The average molecular weight is 1040 g/mol. The molecule has 3 aromatic rings. The van der Waals surface area contributed by atoms with Crippen LogP contribution in [0.4, 0.5) is 13.2 Å². The first kappa shape index (κ1) is 59.9. The molecule has 1 fully saturated rings. The zero-order valence-electron chi connectivity index (χ0n) is 44.7. The van der Waals surface area contributed by atoms with E-state index in [2.05, 4.69) is 20.7 Å². The smallest absolute Gasteiger partial charge is 0.451 e. The first-order chi connectivity index (χ1) is 34.6. The Balaban J connectivity index is 1.92. The van der Waals surface area contributed by atoms with Gasteiger partial charge in [0.1, 0.15) is 42.0 Å². The summed E-state index contributed by atoms with van der Waals surface area (Å²) >= 11 is 0. The van der Waals surface area contributed by atoms with Crippen LogP contribution in [0.3, 0.4) is 0 Å². The van der Waals surface area contributed by atoms with Gasteiger partial charge >= 0.3 is 12.3 Å². The zero-order chi connectivity index (χ0) is 55.4. The van der Waals surface area contributed by atoms with Crippen molar-refractivity contribution in [2.45, 2.75) is 163 Å². The molecule has 6 amide bonds. The van der Waals surface area contributed by atoms with Gasteiger partial charge in [-0.3, -0.25) is 28.8 Å². The fraction of sp³-hybridized carbons (Fsp3) is 0.593. The summed E-state index contributed by atoms with van der Waals surface area (Å²) in [4.78, 5) is 106. The molecule has 2 aromatic carbocycles. The van der Waals surface area contributed by atoms with Gasteiger partial charge in [0.15, 0.2) is 6.10 Å². The molecule has 17 nitrogen and oxygen atoms in total. The molecule has 7 atom stereocenters. The van der Waals surface area contributed by atoms with Crippen molar-refractivity contribution in [1.29, 1.82) is 5.26 Å². The molecule has 0 spiro atoms. The third-order valence-corrected chi connectivity index (χ3v) is 13.0. The van der Waals surface area contributed by atoms with E-state index < -0.39 is 95.9 Å². The Morgan fingerprint density at radius 1 is 0.676 bits per heavy atom. The topological polar surface area (TPSA) is 212 Å². The number of esters is 1. The Morgan fingerprint density at radius 3 is 1.70 bits per heavy atom. The number of fused-ring (bicyclic) bond motifs is 1. The van der Waals surface area contributed by atoms with Crippen molar-refractivity contribution < 1.29 is 56.2 Å². The van der Waals surface area contributed by atoms with E-state index in [0.29, 0.717) is 22.0 Å². The number of hydrogen-bond acceptors (Lipinski definition) is 10. The number of amides is 6. The van der Waals surface area contributed by atoms with Gasteiger partial charge in [-0.15, -0.1) is 13.2 Å². The van der Waals surface area contributed by atoms with E-state index >= 15 is 9.59 Å². The highest BCUT2D eigenvalue weighted by Gasteiger charge is 2.41. The van der Waals surface area contributed by atoms with E-state index in [1.54, 1.807) is 29.0 Å². The SMILES string of the molecule is CC(C)C[C@@H]1NC(=O)[C@H](Cc2cn(Cc3cccc(OC(F)(F)F)c3)c3ccccc23)N(C)C(=O)[C@H](CC(C)C)NC(=O)[C@H](CC(C)C)N(C)C(=O)[C@H](CC(C)C)NC(=O)[C@@H](CCC#N)OC(=O)[C@H](C)N(C)C1=O. The van der Waals surface area contributed by atoms with Gasteiger partial charge in [0.25, 0.3) is 5.91 Å². The highest BCUT2D eigenvalue weighted by atomic mass is 19.4. The number of rotatable bonds is 15. The van der Waals surface area contributed by atoms with Crippen molar-refractivity contribution in [3.8, 4) is 11.8 Å². The molecule has 1 aliphatic heterocycles. The molecule has 406 valence electrons. The van der Waals surface area contributed by atoms with Crippen LogP contribution in [0, 0.1) is 35.0 Å². The van der Waals surface area contributed by atoms with Crippen molar-refractivity contribution >= 4 is 52.3 Å². The summed E-state index contributed by atoms with van der Waals surface area (Å²) in [5.74, 6) is -6.25. The van der Waals surface area contributed by atoms with Crippen molar-refractivity contribution in [3.63, 3.8) is 0 Å². The number of alkyl halides is 3. The van der Waals surface area contributed by atoms with Crippen molar-refractivity contribution in [2.24, 2.45) is 23.7 Å². The number of para-hydroxylation sites is 1.